The number of hydrogen-bond donors (Lipinski definition) is 3. The number of rotatable bonds is 2. The average Bonchev–Trinajstić information content (AvgIpc) is 3.05. The molecule has 7 heteroatoms. The minimum Gasteiger partial charge on any atom is -0.396 e. The van der Waals surface area contributed by atoms with E-state index in [1.54, 1.807) is 24.3 Å². The molecule has 3 aliphatic rings. The van der Waals surface area contributed by atoms with Crippen molar-refractivity contribution in [2.75, 3.05) is 19.7 Å². The van der Waals surface area contributed by atoms with E-state index in [2.05, 4.69) is 0 Å². The van der Waals surface area contributed by atoms with E-state index in [1.807, 2.05) is 0 Å². The van der Waals surface area contributed by atoms with Crippen LogP contribution in [0.15, 0.2) is 24.3 Å². The van der Waals surface area contributed by atoms with Crippen molar-refractivity contribution < 1.29 is 24.9 Å². The molecule has 2 aliphatic heterocycles. The number of hydrazine groups is 1. The van der Waals surface area contributed by atoms with Gasteiger partial charge in [-0.1, -0.05) is 76.3 Å². The standard InChI is InChI=1S/C14H16N2O5.C10H20/c17-7-8-5-15(6-11(18)12(8)19)16-13(20)9-3-1-2-4-10(9)14(16)21;1-2-4-6-8-10-9-7-5-3-1/h1-4,8,11-12,17-19H,5-7H2;1-10H2/t8-,11-,12-;/m1./s1. The molecule has 1 aliphatic carbocycles. The topological polar surface area (TPSA) is 101 Å². The van der Waals surface area contributed by atoms with Gasteiger partial charge in [-0.3, -0.25) is 9.59 Å². The fourth-order valence-electron chi connectivity index (χ4n) is 4.62. The first-order chi connectivity index (χ1) is 15.0. The number of amides is 2. The normalized spacial score (nSPS) is 28.0. The van der Waals surface area contributed by atoms with Gasteiger partial charge in [0.1, 0.15) is 0 Å². The summed E-state index contributed by atoms with van der Waals surface area (Å²) in [7, 11) is 0. The van der Waals surface area contributed by atoms with E-state index < -0.39 is 29.9 Å². The SMILES string of the molecule is C1CCCCCCCCC1.O=C1c2ccccc2C(=O)N1N1C[C@H](CO)[C@@H](O)[C@H](O)C1. The highest BCUT2D eigenvalue weighted by atomic mass is 16.3. The van der Waals surface area contributed by atoms with E-state index in [0.717, 1.165) is 5.01 Å². The van der Waals surface area contributed by atoms with Crippen molar-refractivity contribution in [3.05, 3.63) is 35.4 Å². The molecule has 2 fully saturated rings. The third-order valence-electron chi connectivity index (χ3n) is 6.51. The van der Waals surface area contributed by atoms with E-state index in [9.17, 15) is 24.9 Å². The average molecular weight is 433 g/mol. The zero-order chi connectivity index (χ0) is 22.2. The molecule has 1 aromatic carbocycles. The van der Waals surface area contributed by atoms with Gasteiger partial charge in [0, 0.05) is 25.6 Å². The summed E-state index contributed by atoms with van der Waals surface area (Å²) >= 11 is 0. The van der Waals surface area contributed by atoms with Crippen LogP contribution in [0.25, 0.3) is 0 Å². The van der Waals surface area contributed by atoms with Gasteiger partial charge in [-0.25, -0.2) is 10.0 Å². The summed E-state index contributed by atoms with van der Waals surface area (Å²) < 4.78 is 0. The largest absolute Gasteiger partial charge is 0.396 e. The Morgan fingerprint density at radius 2 is 1.16 bits per heavy atom. The van der Waals surface area contributed by atoms with Crippen molar-refractivity contribution in [1.82, 2.24) is 10.0 Å². The van der Waals surface area contributed by atoms with E-state index in [0.29, 0.717) is 11.1 Å². The molecule has 172 valence electrons. The number of fused-ring (bicyclic) bond motifs is 1. The van der Waals surface area contributed by atoms with E-state index >= 15 is 0 Å². The van der Waals surface area contributed by atoms with Gasteiger partial charge >= 0.3 is 0 Å². The molecule has 31 heavy (non-hydrogen) atoms. The molecule has 3 atom stereocenters. The zero-order valence-electron chi connectivity index (χ0n) is 18.3. The maximum atomic E-state index is 12.3. The fourth-order valence-corrected chi connectivity index (χ4v) is 4.62. The number of aliphatic hydroxyl groups is 3. The number of piperidine rings is 1. The van der Waals surface area contributed by atoms with Crippen molar-refractivity contribution in [3.8, 4) is 0 Å². The lowest BCUT2D eigenvalue weighted by Gasteiger charge is -2.41. The first-order valence-electron chi connectivity index (χ1n) is 11.7. The van der Waals surface area contributed by atoms with E-state index in [4.69, 9.17) is 0 Å². The number of carbonyl (C=O) groups is 2. The molecule has 0 bridgehead atoms. The highest BCUT2D eigenvalue weighted by molar-refractivity contribution is 6.20. The Kier molecular flexibility index (Phi) is 9.02. The zero-order valence-corrected chi connectivity index (χ0v) is 18.3. The summed E-state index contributed by atoms with van der Waals surface area (Å²) in [5, 5.41) is 31.3. The number of benzene rings is 1. The first-order valence-corrected chi connectivity index (χ1v) is 11.7. The highest BCUT2D eigenvalue weighted by Crippen LogP contribution is 2.27. The van der Waals surface area contributed by atoms with Gasteiger partial charge in [-0.15, -0.1) is 0 Å². The van der Waals surface area contributed by atoms with Gasteiger partial charge in [0.05, 0.1) is 23.3 Å². The fraction of sp³-hybridized carbons (Fsp3) is 0.667. The van der Waals surface area contributed by atoms with Crippen LogP contribution in [0.2, 0.25) is 0 Å². The highest BCUT2D eigenvalue weighted by Gasteiger charge is 2.44. The molecule has 2 heterocycles. The van der Waals surface area contributed by atoms with E-state index in [1.165, 1.54) is 69.2 Å². The number of β-amino-alcohol motifs (C(OH)–C–C–N with tert-alkyl or cyclic N) is 1. The molecule has 1 saturated carbocycles. The Morgan fingerprint density at radius 1 is 0.742 bits per heavy atom. The summed E-state index contributed by atoms with van der Waals surface area (Å²) in [6, 6.07) is 6.51. The predicted octanol–water partition coefficient (Wildman–Crippen LogP) is 2.74. The minimum atomic E-state index is -1.12. The lowest BCUT2D eigenvalue weighted by molar-refractivity contribution is -0.124. The Morgan fingerprint density at radius 3 is 1.55 bits per heavy atom. The van der Waals surface area contributed by atoms with Crippen LogP contribution in [0.3, 0.4) is 0 Å². The second-order valence-corrected chi connectivity index (χ2v) is 8.88. The lowest BCUT2D eigenvalue weighted by Crippen LogP contribution is -2.60. The quantitative estimate of drug-likeness (QED) is 0.621. The molecule has 0 spiro atoms. The summed E-state index contributed by atoms with van der Waals surface area (Å²) in [5.41, 5.74) is 0.646. The monoisotopic (exact) mass is 432 g/mol. The summed E-state index contributed by atoms with van der Waals surface area (Å²) in [6.07, 6.45) is 12.8. The number of imide groups is 1. The van der Waals surface area contributed by atoms with Crippen LogP contribution in [-0.4, -0.2) is 69.1 Å². The second kappa shape index (κ2) is 11.7. The predicted molar refractivity (Wildman–Crippen MR) is 117 cm³/mol. The van der Waals surface area contributed by atoms with Crippen molar-refractivity contribution >= 4 is 11.8 Å². The molecule has 7 nitrogen and oxygen atoms in total. The van der Waals surface area contributed by atoms with E-state index in [-0.39, 0.29) is 19.7 Å². The van der Waals surface area contributed by atoms with Gasteiger partial charge in [-0.05, 0) is 12.1 Å². The Hall–Kier alpha value is -1.80. The summed E-state index contributed by atoms with van der Waals surface area (Å²) in [4.78, 5) is 24.7. The minimum absolute atomic E-state index is 0.0386. The molecule has 0 aromatic heterocycles. The molecule has 1 saturated heterocycles. The van der Waals surface area contributed by atoms with Crippen LogP contribution in [0, 0.1) is 5.92 Å². The maximum absolute atomic E-state index is 12.3. The maximum Gasteiger partial charge on any atom is 0.276 e. The van der Waals surface area contributed by atoms with Crippen LogP contribution in [0.1, 0.15) is 84.9 Å². The Balaban J connectivity index is 0.000000229. The van der Waals surface area contributed by atoms with Gasteiger partial charge in [-0.2, -0.15) is 0 Å². The van der Waals surface area contributed by atoms with Crippen LogP contribution < -0.4 is 0 Å². The van der Waals surface area contributed by atoms with Gasteiger partial charge in [0.15, 0.2) is 0 Å². The summed E-state index contributed by atoms with van der Waals surface area (Å²) in [6.45, 7) is -0.249. The molecular weight excluding hydrogens is 396 g/mol. The molecule has 1 aromatic rings. The number of carbonyl (C=O) groups excluding carboxylic acids is 2. The third kappa shape index (κ3) is 5.92. The van der Waals surface area contributed by atoms with Crippen LogP contribution in [0.5, 0.6) is 0 Å². The van der Waals surface area contributed by atoms with Gasteiger partial charge in [0.25, 0.3) is 11.8 Å². The second-order valence-electron chi connectivity index (χ2n) is 8.88. The first kappa shape index (κ1) is 23.9. The van der Waals surface area contributed by atoms with Crippen molar-refractivity contribution in [1.29, 1.82) is 0 Å². The van der Waals surface area contributed by atoms with Crippen LogP contribution in [0.4, 0.5) is 0 Å². The molecule has 4 rings (SSSR count). The smallest absolute Gasteiger partial charge is 0.276 e. The van der Waals surface area contributed by atoms with Gasteiger partial charge in [0.2, 0.25) is 0 Å². The van der Waals surface area contributed by atoms with Crippen molar-refractivity contribution in [3.63, 3.8) is 0 Å². The number of hydrogen-bond acceptors (Lipinski definition) is 6. The van der Waals surface area contributed by atoms with Crippen LogP contribution in [-0.2, 0) is 0 Å². The molecule has 0 unspecified atom stereocenters. The van der Waals surface area contributed by atoms with Crippen LogP contribution >= 0.6 is 0 Å². The molecular formula is C24H36N2O5. The Bertz CT molecular complexity index is 672. The Labute approximate surface area is 184 Å². The molecule has 3 N–H and O–H groups in total. The third-order valence-corrected chi connectivity index (χ3v) is 6.51. The van der Waals surface area contributed by atoms with Crippen molar-refractivity contribution in [2.45, 2.75) is 76.4 Å². The molecule has 0 radical (unpaired) electrons. The number of aliphatic hydroxyl groups excluding tert-OH is 3. The lowest BCUT2D eigenvalue weighted by atomic mass is 9.94. The van der Waals surface area contributed by atoms with Crippen molar-refractivity contribution in [2.24, 2.45) is 5.92 Å². The molecule has 2 amide bonds. The summed E-state index contributed by atoms with van der Waals surface area (Å²) in [5.74, 6) is -1.51. The number of nitrogens with zero attached hydrogens (tertiary/aromatic N) is 2. The van der Waals surface area contributed by atoms with Gasteiger partial charge < -0.3 is 15.3 Å².